The lowest BCUT2D eigenvalue weighted by Crippen LogP contribution is -2.57. The lowest BCUT2D eigenvalue weighted by Gasteiger charge is -2.26. The molecular weight excluding hydrogens is 606 g/mol. The first-order chi connectivity index (χ1) is 22.5. The summed E-state index contributed by atoms with van der Waals surface area (Å²) in [5.74, 6) is -2.32. The third-order valence-corrected chi connectivity index (χ3v) is 7.12. The molecule has 0 saturated heterocycles. The number of rotatable bonds is 24. The zero-order chi connectivity index (χ0) is 35.0. The zero-order valence-electron chi connectivity index (χ0n) is 27.3. The second kappa shape index (κ2) is 23.6. The fourth-order valence-electron chi connectivity index (χ4n) is 4.56. The van der Waals surface area contributed by atoms with Gasteiger partial charge in [0.1, 0.15) is 24.4 Å². The number of hydrogen-bond acceptors (Lipinski definition) is 8. The van der Waals surface area contributed by atoms with Gasteiger partial charge < -0.3 is 54.7 Å². The van der Waals surface area contributed by atoms with E-state index in [1.165, 1.54) is 0 Å². The monoisotopic (exact) mass is 659 g/mol. The zero-order valence-corrected chi connectivity index (χ0v) is 27.3. The van der Waals surface area contributed by atoms with Crippen molar-refractivity contribution in [3.63, 3.8) is 0 Å². The number of guanidine groups is 2. The second-order valence-corrected chi connectivity index (χ2v) is 11.1. The molecule has 47 heavy (non-hydrogen) atoms. The van der Waals surface area contributed by atoms with E-state index in [0.717, 1.165) is 6.42 Å². The van der Waals surface area contributed by atoms with Crippen molar-refractivity contribution >= 4 is 41.8 Å². The van der Waals surface area contributed by atoms with E-state index < -0.39 is 47.8 Å². The maximum atomic E-state index is 13.6. The lowest BCUT2D eigenvalue weighted by molar-refractivity contribution is -0.133. The normalized spacial score (nSPS) is 13.1. The summed E-state index contributed by atoms with van der Waals surface area (Å²) in [7, 11) is 0. The summed E-state index contributed by atoms with van der Waals surface area (Å²) in [5.41, 5.74) is 27.6. The van der Waals surface area contributed by atoms with Gasteiger partial charge in [0, 0.05) is 18.7 Å². The summed E-state index contributed by atoms with van der Waals surface area (Å²) < 4.78 is 0. The SMILES string of the molecule is CCCC[C@H](NC(=O)c1ccccc1)C(=O)N[C@@H](CCCCN)C(=O)N[C@@H](CCCN=C(N)N)C(=O)N[C@H](C=O)CCCN=C(N)N. The molecule has 0 spiro atoms. The summed E-state index contributed by atoms with van der Waals surface area (Å²) in [6.07, 6.45) is 4.97. The highest BCUT2D eigenvalue weighted by Gasteiger charge is 2.30. The molecule has 0 heterocycles. The molecule has 0 fully saturated rings. The Labute approximate surface area is 276 Å². The van der Waals surface area contributed by atoms with Crippen LogP contribution in [0.1, 0.15) is 81.5 Å². The molecule has 0 aliphatic carbocycles. The molecule has 1 aromatic carbocycles. The number of nitrogens with two attached hydrogens (primary N) is 5. The molecule has 1 rings (SSSR count). The Balaban J connectivity index is 3.13. The maximum Gasteiger partial charge on any atom is 0.251 e. The van der Waals surface area contributed by atoms with E-state index in [4.69, 9.17) is 28.7 Å². The minimum atomic E-state index is -1.07. The molecule has 0 saturated carbocycles. The Morgan fingerprint density at radius 2 is 1.17 bits per heavy atom. The van der Waals surface area contributed by atoms with Crippen molar-refractivity contribution in [1.82, 2.24) is 21.3 Å². The topological polar surface area (TPSA) is 288 Å². The van der Waals surface area contributed by atoms with E-state index >= 15 is 0 Å². The summed E-state index contributed by atoms with van der Waals surface area (Å²) in [6.45, 7) is 2.83. The first-order valence-corrected chi connectivity index (χ1v) is 16.0. The summed E-state index contributed by atoms with van der Waals surface area (Å²) in [6, 6.07) is 4.69. The number of amides is 4. The summed E-state index contributed by atoms with van der Waals surface area (Å²) >= 11 is 0. The van der Waals surface area contributed by atoms with Gasteiger partial charge in [0.05, 0.1) is 6.04 Å². The van der Waals surface area contributed by atoms with Crippen LogP contribution in [-0.2, 0) is 19.2 Å². The van der Waals surface area contributed by atoms with Gasteiger partial charge >= 0.3 is 0 Å². The number of carbonyl (C=O) groups is 5. The fraction of sp³-hybridized carbons (Fsp3) is 0.581. The van der Waals surface area contributed by atoms with Gasteiger partial charge in [-0.2, -0.15) is 0 Å². The van der Waals surface area contributed by atoms with Crippen LogP contribution < -0.4 is 49.9 Å². The van der Waals surface area contributed by atoms with Crippen LogP contribution in [0.3, 0.4) is 0 Å². The Hall–Kier alpha value is -4.73. The number of nitrogens with zero attached hydrogens (tertiary/aromatic N) is 2. The van der Waals surface area contributed by atoms with Crippen molar-refractivity contribution in [1.29, 1.82) is 0 Å². The number of nitrogens with one attached hydrogen (secondary N) is 4. The van der Waals surface area contributed by atoms with Crippen molar-refractivity contribution < 1.29 is 24.0 Å². The van der Waals surface area contributed by atoms with Gasteiger partial charge in [0.2, 0.25) is 17.7 Å². The van der Waals surface area contributed by atoms with E-state index in [-0.39, 0.29) is 44.3 Å². The third-order valence-electron chi connectivity index (χ3n) is 7.12. The molecule has 4 atom stereocenters. The molecule has 0 aliphatic heterocycles. The van der Waals surface area contributed by atoms with Gasteiger partial charge in [-0.3, -0.25) is 29.2 Å². The first kappa shape index (κ1) is 40.3. The number of aliphatic imine (C=N–C) groups is 2. The average Bonchev–Trinajstić information content (AvgIpc) is 3.05. The van der Waals surface area contributed by atoms with E-state index in [2.05, 4.69) is 31.3 Å². The van der Waals surface area contributed by atoms with Crippen molar-refractivity contribution in [2.24, 2.45) is 38.7 Å². The Bertz CT molecular complexity index is 1170. The predicted molar refractivity (Wildman–Crippen MR) is 182 cm³/mol. The highest BCUT2D eigenvalue weighted by atomic mass is 16.2. The Morgan fingerprint density at radius 1 is 0.681 bits per heavy atom. The van der Waals surface area contributed by atoms with E-state index in [0.29, 0.717) is 56.9 Å². The Kier molecular flexibility index (Phi) is 20.2. The molecule has 1 aromatic rings. The molecule has 0 aromatic heterocycles. The predicted octanol–water partition coefficient (Wildman–Crippen LogP) is -1.14. The number of hydrogen-bond donors (Lipinski definition) is 9. The highest BCUT2D eigenvalue weighted by Crippen LogP contribution is 2.09. The van der Waals surface area contributed by atoms with Crippen LogP contribution in [0.2, 0.25) is 0 Å². The molecule has 0 radical (unpaired) electrons. The van der Waals surface area contributed by atoms with Gasteiger partial charge in [0.25, 0.3) is 5.91 Å². The van der Waals surface area contributed by atoms with Crippen molar-refractivity contribution in [2.45, 2.75) is 95.3 Å². The minimum Gasteiger partial charge on any atom is -0.370 e. The molecule has 16 heteroatoms. The fourth-order valence-corrected chi connectivity index (χ4v) is 4.56. The van der Waals surface area contributed by atoms with Crippen LogP contribution in [0.4, 0.5) is 0 Å². The van der Waals surface area contributed by atoms with Gasteiger partial charge in [-0.25, -0.2) is 0 Å². The smallest absolute Gasteiger partial charge is 0.251 e. The van der Waals surface area contributed by atoms with E-state index in [1.807, 2.05) is 6.92 Å². The lowest BCUT2D eigenvalue weighted by atomic mass is 10.0. The largest absolute Gasteiger partial charge is 0.370 e. The minimum absolute atomic E-state index is 0.0800. The van der Waals surface area contributed by atoms with Crippen molar-refractivity contribution in [2.75, 3.05) is 19.6 Å². The molecule has 262 valence electrons. The maximum absolute atomic E-state index is 13.6. The number of unbranched alkanes of at least 4 members (excludes halogenated alkanes) is 2. The molecule has 16 nitrogen and oxygen atoms in total. The quantitative estimate of drug-likeness (QED) is 0.0278. The first-order valence-electron chi connectivity index (χ1n) is 16.0. The van der Waals surface area contributed by atoms with Crippen LogP contribution in [0.15, 0.2) is 40.3 Å². The van der Waals surface area contributed by atoms with Crippen molar-refractivity contribution in [3.05, 3.63) is 35.9 Å². The van der Waals surface area contributed by atoms with Crippen LogP contribution in [0.5, 0.6) is 0 Å². The molecule has 4 amide bonds. The molecular formula is C31H53N11O5. The van der Waals surface area contributed by atoms with E-state index in [9.17, 15) is 24.0 Å². The number of aldehydes is 1. The van der Waals surface area contributed by atoms with Crippen LogP contribution in [0, 0.1) is 0 Å². The van der Waals surface area contributed by atoms with Crippen molar-refractivity contribution in [3.8, 4) is 0 Å². The molecule has 0 aliphatic rings. The average molecular weight is 660 g/mol. The summed E-state index contributed by atoms with van der Waals surface area (Å²) in [5, 5.41) is 10.9. The Morgan fingerprint density at radius 3 is 1.68 bits per heavy atom. The molecule has 14 N–H and O–H groups in total. The van der Waals surface area contributed by atoms with Gasteiger partial charge in [0.15, 0.2) is 11.9 Å². The van der Waals surface area contributed by atoms with E-state index in [1.54, 1.807) is 30.3 Å². The molecule has 0 bridgehead atoms. The third kappa shape index (κ3) is 17.5. The van der Waals surface area contributed by atoms with Crippen LogP contribution >= 0.6 is 0 Å². The number of carbonyl (C=O) groups excluding carboxylic acids is 5. The highest BCUT2D eigenvalue weighted by molar-refractivity contribution is 5.98. The standard InChI is InChI=1S/C31H53N11O5/c1-2-3-14-23(40-26(44)21-11-5-4-6-12-21)28(46)41-24(15-7-8-17-32)29(47)42-25(16-10-19-38-31(35)36)27(45)39-22(20-43)13-9-18-37-30(33)34/h4-6,11-12,20,22-25H,2-3,7-10,13-19,32H2,1H3,(H,39,45)(H,40,44)(H,41,46)(H,42,47)(H4,33,34,37)(H4,35,36,38)/t22-,23-,24-,25-/m0/s1. The number of benzene rings is 1. The van der Waals surface area contributed by atoms with Gasteiger partial charge in [-0.1, -0.05) is 38.0 Å². The van der Waals surface area contributed by atoms with Gasteiger partial charge in [-0.15, -0.1) is 0 Å². The van der Waals surface area contributed by atoms with Crippen LogP contribution in [-0.4, -0.2) is 85.6 Å². The summed E-state index contributed by atoms with van der Waals surface area (Å²) in [4.78, 5) is 72.8. The van der Waals surface area contributed by atoms with Crippen LogP contribution in [0.25, 0.3) is 0 Å². The van der Waals surface area contributed by atoms with Gasteiger partial charge in [-0.05, 0) is 70.0 Å². The second-order valence-electron chi connectivity index (χ2n) is 11.1. The molecule has 0 unspecified atom stereocenters.